The molecule has 1 atom stereocenters. The number of carbonyl (C=O) groups is 1. The number of carbonyl (C=O) groups excluding carboxylic acids is 1. The van der Waals surface area contributed by atoms with Gasteiger partial charge in [-0.2, -0.15) is 11.8 Å². The van der Waals surface area contributed by atoms with E-state index in [-0.39, 0.29) is 11.9 Å². The van der Waals surface area contributed by atoms with Crippen LogP contribution in [0.3, 0.4) is 0 Å². The topological polar surface area (TPSA) is 68.0 Å². The van der Waals surface area contributed by atoms with Gasteiger partial charge in [-0.1, -0.05) is 25.8 Å². The van der Waals surface area contributed by atoms with E-state index in [4.69, 9.17) is 5.73 Å². The highest BCUT2D eigenvalue weighted by atomic mass is 32.2. The molecule has 0 radical (unpaired) electrons. The molecule has 1 amide bonds. The van der Waals surface area contributed by atoms with Gasteiger partial charge in [-0.25, -0.2) is 0 Å². The monoisotopic (exact) mass is 295 g/mol. The van der Waals surface area contributed by atoms with Crippen LogP contribution in [0.2, 0.25) is 0 Å². The van der Waals surface area contributed by atoms with Crippen LogP contribution in [0.15, 0.2) is 24.4 Å². The quantitative estimate of drug-likeness (QED) is 0.650. The number of amides is 1. The summed E-state index contributed by atoms with van der Waals surface area (Å²) in [6.45, 7) is 2.66. The molecule has 1 aromatic heterocycles. The van der Waals surface area contributed by atoms with Crippen LogP contribution in [0.25, 0.3) is 0 Å². The Bertz CT molecular complexity index is 373. The molecule has 1 aromatic rings. The average molecular weight is 295 g/mol. The molecule has 0 saturated carbocycles. The zero-order valence-corrected chi connectivity index (χ0v) is 13.0. The molecule has 20 heavy (non-hydrogen) atoms. The van der Waals surface area contributed by atoms with E-state index in [1.807, 2.05) is 18.2 Å². The van der Waals surface area contributed by atoms with E-state index >= 15 is 0 Å². The predicted molar refractivity (Wildman–Crippen MR) is 85.5 cm³/mol. The van der Waals surface area contributed by atoms with E-state index < -0.39 is 0 Å². The summed E-state index contributed by atoms with van der Waals surface area (Å²) in [7, 11) is 0. The number of pyridine rings is 1. The Morgan fingerprint density at radius 2 is 2.35 bits per heavy atom. The molecule has 0 fully saturated rings. The number of nitrogens with two attached hydrogens (primary N) is 1. The number of hydrogen-bond acceptors (Lipinski definition) is 4. The van der Waals surface area contributed by atoms with E-state index in [0.717, 1.165) is 36.5 Å². The number of nitrogens with one attached hydrogen (secondary N) is 1. The van der Waals surface area contributed by atoms with Gasteiger partial charge < -0.3 is 11.1 Å². The van der Waals surface area contributed by atoms with Crippen LogP contribution < -0.4 is 11.1 Å². The summed E-state index contributed by atoms with van der Waals surface area (Å²) in [4.78, 5) is 16.0. The third-order valence-corrected chi connectivity index (χ3v) is 4.00. The molecule has 112 valence electrons. The molecule has 0 saturated heterocycles. The molecular formula is C15H25N3OS. The van der Waals surface area contributed by atoms with Gasteiger partial charge in [0.15, 0.2) is 0 Å². The van der Waals surface area contributed by atoms with Crippen LogP contribution in [0.1, 0.15) is 38.3 Å². The maximum absolute atomic E-state index is 11.8. The number of hydrogen-bond donors (Lipinski definition) is 2. The zero-order chi connectivity index (χ0) is 14.6. The standard InChI is InChI=1S/C15H25N3OS/c1-2-3-6-13(11-16)18-15(19)8-10-20-12-14-7-4-5-9-17-14/h4-5,7,9,13H,2-3,6,8,10-12,16H2,1H3,(H,18,19). The largest absolute Gasteiger partial charge is 0.352 e. The first-order valence-electron chi connectivity index (χ1n) is 7.23. The highest BCUT2D eigenvalue weighted by molar-refractivity contribution is 7.98. The Kier molecular flexibility index (Phi) is 9.07. The van der Waals surface area contributed by atoms with Gasteiger partial charge in [0.05, 0.1) is 5.69 Å². The van der Waals surface area contributed by atoms with Crippen molar-refractivity contribution in [3.8, 4) is 0 Å². The van der Waals surface area contributed by atoms with E-state index in [2.05, 4.69) is 17.2 Å². The van der Waals surface area contributed by atoms with Crippen LogP contribution in [-0.2, 0) is 10.5 Å². The number of aromatic nitrogens is 1. The van der Waals surface area contributed by atoms with Gasteiger partial charge in [-0.3, -0.25) is 9.78 Å². The summed E-state index contributed by atoms with van der Waals surface area (Å²) in [5.74, 6) is 1.77. The minimum absolute atomic E-state index is 0.102. The van der Waals surface area contributed by atoms with Crippen LogP contribution >= 0.6 is 11.8 Å². The van der Waals surface area contributed by atoms with Crippen molar-refractivity contribution in [2.24, 2.45) is 5.73 Å². The lowest BCUT2D eigenvalue weighted by Crippen LogP contribution is -2.40. The van der Waals surface area contributed by atoms with Crippen molar-refractivity contribution in [3.05, 3.63) is 30.1 Å². The lowest BCUT2D eigenvalue weighted by molar-refractivity contribution is -0.121. The molecular weight excluding hydrogens is 270 g/mol. The van der Waals surface area contributed by atoms with Crippen molar-refractivity contribution in [1.82, 2.24) is 10.3 Å². The van der Waals surface area contributed by atoms with Crippen LogP contribution in [0.4, 0.5) is 0 Å². The summed E-state index contributed by atoms with van der Waals surface area (Å²) < 4.78 is 0. The lowest BCUT2D eigenvalue weighted by Gasteiger charge is -2.16. The summed E-state index contributed by atoms with van der Waals surface area (Å²) >= 11 is 1.73. The van der Waals surface area contributed by atoms with Gasteiger partial charge in [0.25, 0.3) is 0 Å². The van der Waals surface area contributed by atoms with Gasteiger partial charge in [0, 0.05) is 36.7 Å². The summed E-state index contributed by atoms with van der Waals surface area (Å²) in [6, 6.07) is 6.02. The fourth-order valence-corrected chi connectivity index (χ4v) is 2.68. The Morgan fingerprint density at radius 1 is 1.50 bits per heavy atom. The second-order valence-electron chi connectivity index (χ2n) is 4.77. The minimum Gasteiger partial charge on any atom is -0.352 e. The van der Waals surface area contributed by atoms with Crippen molar-refractivity contribution in [1.29, 1.82) is 0 Å². The van der Waals surface area contributed by atoms with Crippen molar-refractivity contribution < 1.29 is 4.79 Å². The average Bonchev–Trinajstić information content (AvgIpc) is 2.49. The van der Waals surface area contributed by atoms with E-state index in [1.165, 1.54) is 0 Å². The molecule has 5 heteroatoms. The summed E-state index contributed by atoms with van der Waals surface area (Å²) in [5, 5.41) is 3.01. The first kappa shape index (κ1) is 17.0. The molecule has 0 aliphatic carbocycles. The highest BCUT2D eigenvalue weighted by Gasteiger charge is 2.09. The summed E-state index contributed by atoms with van der Waals surface area (Å²) in [6.07, 6.45) is 5.55. The van der Waals surface area contributed by atoms with Crippen LogP contribution in [-0.4, -0.2) is 29.2 Å². The smallest absolute Gasteiger partial charge is 0.221 e. The minimum atomic E-state index is 0.102. The number of rotatable bonds is 10. The Labute approximate surface area is 125 Å². The van der Waals surface area contributed by atoms with Crippen molar-refractivity contribution >= 4 is 17.7 Å². The van der Waals surface area contributed by atoms with Crippen LogP contribution in [0.5, 0.6) is 0 Å². The Balaban J connectivity index is 2.13. The number of unbranched alkanes of at least 4 members (excludes halogenated alkanes) is 1. The van der Waals surface area contributed by atoms with Crippen molar-refractivity contribution in [3.63, 3.8) is 0 Å². The second kappa shape index (κ2) is 10.7. The molecule has 0 bridgehead atoms. The van der Waals surface area contributed by atoms with Crippen molar-refractivity contribution in [2.45, 2.75) is 44.4 Å². The third kappa shape index (κ3) is 7.50. The fourth-order valence-electron chi connectivity index (χ4n) is 1.82. The van der Waals surface area contributed by atoms with Gasteiger partial charge in [-0.15, -0.1) is 0 Å². The molecule has 0 aliphatic rings. The van der Waals surface area contributed by atoms with Gasteiger partial charge in [-0.05, 0) is 18.6 Å². The molecule has 0 aromatic carbocycles. The summed E-state index contributed by atoms with van der Waals surface area (Å²) in [5.41, 5.74) is 6.72. The van der Waals surface area contributed by atoms with E-state index in [0.29, 0.717) is 13.0 Å². The third-order valence-electron chi connectivity index (χ3n) is 3.01. The Hall–Kier alpha value is -1.07. The second-order valence-corrected chi connectivity index (χ2v) is 5.87. The lowest BCUT2D eigenvalue weighted by atomic mass is 10.1. The first-order chi connectivity index (χ1) is 9.76. The molecule has 0 aliphatic heterocycles. The molecule has 0 spiro atoms. The predicted octanol–water partition coefficient (Wildman–Crippen LogP) is 2.34. The Morgan fingerprint density at radius 3 is 3.00 bits per heavy atom. The molecule has 1 unspecified atom stereocenters. The number of nitrogens with zero attached hydrogens (tertiary/aromatic N) is 1. The van der Waals surface area contributed by atoms with E-state index in [9.17, 15) is 4.79 Å². The zero-order valence-electron chi connectivity index (χ0n) is 12.2. The van der Waals surface area contributed by atoms with Crippen molar-refractivity contribution in [2.75, 3.05) is 12.3 Å². The highest BCUT2D eigenvalue weighted by Crippen LogP contribution is 2.10. The normalized spacial score (nSPS) is 12.1. The van der Waals surface area contributed by atoms with Gasteiger partial charge in [0.2, 0.25) is 5.91 Å². The first-order valence-corrected chi connectivity index (χ1v) is 8.38. The van der Waals surface area contributed by atoms with E-state index in [1.54, 1.807) is 18.0 Å². The van der Waals surface area contributed by atoms with Crippen LogP contribution in [0, 0.1) is 0 Å². The maximum Gasteiger partial charge on any atom is 0.221 e. The molecule has 1 heterocycles. The fraction of sp³-hybridized carbons (Fsp3) is 0.600. The molecule has 4 nitrogen and oxygen atoms in total. The maximum atomic E-state index is 11.8. The van der Waals surface area contributed by atoms with Gasteiger partial charge in [0.1, 0.15) is 0 Å². The molecule has 3 N–H and O–H groups in total. The van der Waals surface area contributed by atoms with Gasteiger partial charge >= 0.3 is 0 Å². The molecule has 1 rings (SSSR count). The SMILES string of the molecule is CCCCC(CN)NC(=O)CCSCc1ccccn1. The number of thioether (sulfide) groups is 1.